The van der Waals surface area contributed by atoms with Crippen LogP contribution in [0.3, 0.4) is 0 Å². The van der Waals surface area contributed by atoms with Crippen molar-refractivity contribution < 1.29 is 10.2 Å². The summed E-state index contributed by atoms with van der Waals surface area (Å²) in [7, 11) is 0. The van der Waals surface area contributed by atoms with Crippen LogP contribution < -0.4 is 4.74 Å². The molecule has 0 saturated heterocycles. The van der Waals surface area contributed by atoms with E-state index in [1.165, 1.54) is 0 Å². The first kappa shape index (κ1) is 11.9. The molecule has 1 aromatic rings. The first-order valence-electron chi connectivity index (χ1n) is 3.47. The van der Waals surface area contributed by atoms with Crippen molar-refractivity contribution in [3.05, 3.63) is 53.7 Å². The van der Waals surface area contributed by atoms with Crippen LogP contribution in [0.25, 0.3) is 0 Å². The van der Waals surface area contributed by atoms with Gasteiger partial charge in [0.25, 0.3) is 0 Å². The zero-order chi connectivity index (χ0) is 8.97. The van der Waals surface area contributed by atoms with Gasteiger partial charge in [-0.1, -0.05) is 29.1 Å². The maximum Gasteiger partial charge on any atom is 0.127 e. The van der Waals surface area contributed by atoms with Crippen LogP contribution in [0.1, 0.15) is 0 Å². The van der Waals surface area contributed by atoms with Crippen LogP contribution in [-0.4, -0.2) is 5.48 Å². The van der Waals surface area contributed by atoms with E-state index in [1.54, 1.807) is 6.08 Å². The van der Waals surface area contributed by atoms with Gasteiger partial charge in [0.1, 0.15) is 11.5 Å². The van der Waals surface area contributed by atoms with Gasteiger partial charge in [-0.15, -0.1) is 0 Å². The number of benzene rings is 1. The average molecular weight is 243 g/mol. The van der Waals surface area contributed by atoms with Crippen LogP contribution in [0, 0.1) is 0 Å². The molecule has 1 aromatic carbocycles. The molecule has 0 aliphatic carbocycles. The van der Waals surface area contributed by atoms with E-state index in [-0.39, 0.29) is 5.48 Å². The molecule has 0 aliphatic heterocycles. The van der Waals surface area contributed by atoms with Gasteiger partial charge >= 0.3 is 0 Å². The van der Waals surface area contributed by atoms with Crippen molar-refractivity contribution >= 4 is 15.9 Å². The molecule has 2 nitrogen and oxygen atoms in total. The Morgan fingerprint density at radius 2 is 1.85 bits per heavy atom. The number of halogens is 1. The first-order chi connectivity index (χ1) is 5.72. The molecule has 2 N–H and O–H groups in total. The minimum Gasteiger partial charge on any atom is -0.458 e. The Morgan fingerprint density at radius 1 is 1.31 bits per heavy atom. The number of ether oxygens (including phenoxy) is 1. The summed E-state index contributed by atoms with van der Waals surface area (Å²) >= 11 is 3.33. The Morgan fingerprint density at radius 3 is 2.31 bits per heavy atom. The smallest absolute Gasteiger partial charge is 0.127 e. The Bertz CT molecular complexity index is 290. The molecular formula is C10H11BrO2. The van der Waals surface area contributed by atoms with Crippen molar-refractivity contribution in [2.24, 2.45) is 0 Å². The lowest BCUT2D eigenvalue weighted by molar-refractivity contribution is 0.447. The summed E-state index contributed by atoms with van der Waals surface area (Å²) < 4.78 is 6.31. The van der Waals surface area contributed by atoms with Crippen molar-refractivity contribution in [1.82, 2.24) is 0 Å². The molecule has 0 unspecified atom stereocenters. The van der Waals surface area contributed by atoms with E-state index in [4.69, 9.17) is 4.74 Å². The molecule has 0 bridgehead atoms. The average Bonchev–Trinajstić information content (AvgIpc) is 2.09. The van der Waals surface area contributed by atoms with Crippen molar-refractivity contribution in [2.45, 2.75) is 0 Å². The highest BCUT2D eigenvalue weighted by Crippen LogP contribution is 2.17. The minimum atomic E-state index is 0. The number of hydrogen-bond donors (Lipinski definition) is 0. The summed E-state index contributed by atoms with van der Waals surface area (Å²) in [6, 6.07) is 7.54. The fraction of sp³-hybridized carbons (Fsp3) is 0. The molecule has 0 amide bonds. The third-order valence-corrected chi connectivity index (χ3v) is 1.82. The van der Waals surface area contributed by atoms with Gasteiger partial charge in [0.2, 0.25) is 0 Å². The predicted molar refractivity (Wildman–Crippen MR) is 57.7 cm³/mol. The first-order valence-corrected chi connectivity index (χ1v) is 4.26. The molecule has 0 fully saturated rings. The topological polar surface area (TPSA) is 40.7 Å². The largest absolute Gasteiger partial charge is 0.458 e. The van der Waals surface area contributed by atoms with Gasteiger partial charge in [0.15, 0.2) is 0 Å². The zero-order valence-corrected chi connectivity index (χ0v) is 8.67. The van der Waals surface area contributed by atoms with Crippen molar-refractivity contribution in [3.8, 4) is 5.75 Å². The lowest BCUT2D eigenvalue weighted by Gasteiger charge is -2.03. The highest BCUT2D eigenvalue weighted by molar-refractivity contribution is 9.10. The van der Waals surface area contributed by atoms with Gasteiger partial charge in [-0.25, -0.2) is 0 Å². The maximum absolute atomic E-state index is 5.29. The molecule has 1 rings (SSSR count). The summed E-state index contributed by atoms with van der Waals surface area (Å²) in [5, 5.41) is 0. The molecule has 0 spiro atoms. The summed E-state index contributed by atoms with van der Waals surface area (Å²) in [6.07, 6.45) is 1.57. The second kappa shape index (κ2) is 5.56. The molecule has 70 valence electrons. The van der Waals surface area contributed by atoms with E-state index >= 15 is 0 Å². The quantitative estimate of drug-likeness (QED) is 0.594. The highest BCUT2D eigenvalue weighted by atomic mass is 79.9. The predicted octanol–water partition coefficient (Wildman–Crippen LogP) is 2.70. The van der Waals surface area contributed by atoms with E-state index in [9.17, 15) is 0 Å². The fourth-order valence-corrected chi connectivity index (χ4v) is 0.960. The SMILES string of the molecule is C=CC(=C)Oc1ccc(Br)cc1.O. The van der Waals surface area contributed by atoms with Crippen LogP contribution in [0.15, 0.2) is 53.7 Å². The Balaban J connectivity index is 0.00000144. The van der Waals surface area contributed by atoms with Crippen LogP contribution in [0.2, 0.25) is 0 Å². The Hall–Kier alpha value is -1.06. The van der Waals surface area contributed by atoms with E-state index in [1.807, 2.05) is 24.3 Å². The van der Waals surface area contributed by atoms with Crippen LogP contribution in [0.5, 0.6) is 5.75 Å². The van der Waals surface area contributed by atoms with E-state index in [0.29, 0.717) is 5.76 Å². The number of hydrogen-bond acceptors (Lipinski definition) is 1. The van der Waals surface area contributed by atoms with Gasteiger partial charge in [0, 0.05) is 4.47 Å². The summed E-state index contributed by atoms with van der Waals surface area (Å²) in [4.78, 5) is 0. The Labute approximate surface area is 86.0 Å². The van der Waals surface area contributed by atoms with Crippen molar-refractivity contribution in [3.63, 3.8) is 0 Å². The molecule has 0 saturated carbocycles. The zero-order valence-electron chi connectivity index (χ0n) is 7.09. The van der Waals surface area contributed by atoms with Crippen LogP contribution in [0.4, 0.5) is 0 Å². The number of rotatable bonds is 3. The summed E-state index contributed by atoms with van der Waals surface area (Å²) in [5.41, 5.74) is 0. The van der Waals surface area contributed by atoms with Gasteiger partial charge in [0.05, 0.1) is 0 Å². The monoisotopic (exact) mass is 242 g/mol. The normalized spacial score (nSPS) is 8.38. The van der Waals surface area contributed by atoms with Crippen LogP contribution in [-0.2, 0) is 0 Å². The fourth-order valence-electron chi connectivity index (χ4n) is 0.696. The lowest BCUT2D eigenvalue weighted by atomic mass is 10.3. The number of allylic oxidation sites excluding steroid dienone is 1. The molecule has 13 heavy (non-hydrogen) atoms. The van der Waals surface area contributed by atoms with E-state index in [2.05, 4.69) is 29.1 Å². The third-order valence-electron chi connectivity index (χ3n) is 1.29. The molecule has 0 aromatic heterocycles. The van der Waals surface area contributed by atoms with E-state index in [0.717, 1.165) is 10.2 Å². The molecule has 0 atom stereocenters. The minimum absolute atomic E-state index is 0. The second-order valence-corrected chi connectivity index (χ2v) is 3.14. The van der Waals surface area contributed by atoms with Gasteiger partial charge in [-0.2, -0.15) is 0 Å². The Kier molecular flexibility index (Phi) is 5.11. The van der Waals surface area contributed by atoms with Crippen LogP contribution >= 0.6 is 15.9 Å². The lowest BCUT2D eigenvalue weighted by Crippen LogP contribution is -1.88. The van der Waals surface area contributed by atoms with Crippen molar-refractivity contribution in [1.29, 1.82) is 0 Å². The third kappa shape index (κ3) is 3.92. The van der Waals surface area contributed by atoms with E-state index < -0.39 is 0 Å². The van der Waals surface area contributed by atoms with Gasteiger partial charge in [-0.05, 0) is 30.3 Å². The molecule has 0 heterocycles. The standard InChI is InChI=1S/C10H9BrO.H2O/c1-3-8(2)12-10-6-4-9(11)5-7-10;/h3-7H,1-2H2;1H2. The maximum atomic E-state index is 5.29. The molecule has 3 heteroatoms. The molecule has 0 radical (unpaired) electrons. The van der Waals surface area contributed by atoms with Gasteiger partial charge < -0.3 is 10.2 Å². The second-order valence-electron chi connectivity index (χ2n) is 2.23. The summed E-state index contributed by atoms with van der Waals surface area (Å²) in [5.74, 6) is 1.32. The summed E-state index contributed by atoms with van der Waals surface area (Å²) in [6.45, 7) is 7.18. The van der Waals surface area contributed by atoms with Crippen molar-refractivity contribution in [2.75, 3.05) is 0 Å². The molecular weight excluding hydrogens is 232 g/mol. The highest BCUT2D eigenvalue weighted by Gasteiger charge is 1.93. The molecule has 0 aliphatic rings. The van der Waals surface area contributed by atoms with Gasteiger partial charge in [-0.3, -0.25) is 0 Å².